The number of nitrogens with one attached hydrogen (secondary N) is 1. The van der Waals surface area contributed by atoms with Crippen molar-refractivity contribution in [3.05, 3.63) is 149 Å². The molecule has 2 aromatic rings. The number of rotatable bonds is 20. The first kappa shape index (κ1) is 50.5. The Morgan fingerprint density at radius 2 is 1.66 bits per heavy atom. The fourth-order valence-corrected chi connectivity index (χ4v) is 8.78. The molecule has 1 radical (unpaired) electrons. The average Bonchev–Trinajstić information content (AvgIpc) is 3.63. The largest absolute Gasteiger partial charge is 0.472 e. The summed E-state index contributed by atoms with van der Waals surface area (Å²) >= 11 is 0. The molecule has 1 aromatic heterocycles. The highest BCUT2D eigenvalue weighted by atomic mass is 16.3. The molecule has 0 saturated carbocycles. The molecule has 0 amide bonds. The van der Waals surface area contributed by atoms with Gasteiger partial charge in [0.2, 0.25) is 7.28 Å². The molecule has 1 heterocycles. The number of nitrogens with zero attached hydrogens (tertiary/aromatic N) is 1. The van der Waals surface area contributed by atoms with E-state index in [1.807, 2.05) is 6.08 Å². The lowest BCUT2D eigenvalue weighted by atomic mass is 9.66. The summed E-state index contributed by atoms with van der Waals surface area (Å²) in [7, 11) is 2.18. The number of allylic oxidation sites excluding steroid dienone is 12. The first-order valence-corrected chi connectivity index (χ1v) is 23.8. The minimum absolute atomic E-state index is 0.0107. The third kappa shape index (κ3) is 12.5. The van der Waals surface area contributed by atoms with Crippen LogP contribution in [0.3, 0.4) is 0 Å². The van der Waals surface area contributed by atoms with E-state index in [0.29, 0.717) is 29.6 Å². The van der Waals surface area contributed by atoms with Crippen LogP contribution in [-0.4, -0.2) is 12.2 Å². The Bertz CT molecular complexity index is 2140. The van der Waals surface area contributed by atoms with Crippen molar-refractivity contribution < 1.29 is 4.42 Å². The summed E-state index contributed by atoms with van der Waals surface area (Å²) in [6.45, 7) is 50.8. The van der Waals surface area contributed by atoms with Crippen LogP contribution in [-0.2, 0) is 5.41 Å². The van der Waals surface area contributed by atoms with Crippen molar-refractivity contribution in [1.29, 1.82) is 0 Å². The maximum Gasteiger partial charge on any atom is 0.233 e. The van der Waals surface area contributed by atoms with Crippen molar-refractivity contribution in [3.8, 4) is 0 Å². The Morgan fingerprint density at radius 1 is 0.968 bits per heavy atom. The lowest BCUT2D eigenvalue weighted by Crippen LogP contribution is -2.32. The summed E-state index contributed by atoms with van der Waals surface area (Å²) in [4.78, 5) is 2.48. The summed E-state index contributed by atoms with van der Waals surface area (Å²) in [5.41, 5.74) is 12.8. The molecule has 4 rings (SSSR count). The second-order valence-corrected chi connectivity index (χ2v) is 21.7. The normalized spacial score (nSPS) is 18.8. The molecule has 62 heavy (non-hydrogen) atoms. The van der Waals surface area contributed by atoms with Crippen LogP contribution in [0.4, 0.5) is 0 Å². The van der Waals surface area contributed by atoms with Crippen molar-refractivity contribution in [2.75, 3.05) is 0 Å². The Morgan fingerprint density at radius 3 is 2.19 bits per heavy atom. The van der Waals surface area contributed by atoms with Crippen LogP contribution in [0.15, 0.2) is 148 Å². The fourth-order valence-electron chi connectivity index (χ4n) is 8.78. The molecule has 0 fully saturated rings. The highest BCUT2D eigenvalue weighted by Crippen LogP contribution is 2.48. The van der Waals surface area contributed by atoms with Crippen molar-refractivity contribution in [2.45, 2.75) is 148 Å². The molecule has 1 aromatic carbocycles. The molecule has 3 atom stereocenters. The summed E-state index contributed by atoms with van der Waals surface area (Å²) < 4.78 is 6.56. The van der Waals surface area contributed by atoms with Crippen LogP contribution in [0.25, 0.3) is 11.0 Å². The van der Waals surface area contributed by atoms with E-state index in [2.05, 4.69) is 214 Å². The number of fused-ring (bicyclic) bond motifs is 1. The second-order valence-electron chi connectivity index (χ2n) is 21.7. The van der Waals surface area contributed by atoms with Crippen molar-refractivity contribution in [3.63, 3.8) is 0 Å². The van der Waals surface area contributed by atoms with Crippen LogP contribution >= 0.6 is 0 Å². The predicted molar refractivity (Wildman–Crippen MR) is 274 cm³/mol. The van der Waals surface area contributed by atoms with Crippen LogP contribution < -0.4 is 11.0 Å². The van der Waals surface area contributed by atoms with E-state index < -0.39 is 0 Å². The van der Waals surface area contributed by atoms with Crippen molar-refractivity contribution in [1.82, 2.24) is 10.2 Å². The molecule has 4 heteroatoms. The maximum absolute atomic E-state index is 6.56. The van der Waals surface area contributed by atoms with Gasteiger partial charge in [-0.2, -0.15) is 0 Å². The zero-order chi connectivity index (χ0) is 46.3. The topological polar surface area (TPSA) is 28.4 Å². The number of hydrogen-bond acceptors (Lipinski definition) is 3. The van der Waals surface area contributed by atoms with Crippen LogP contribution in [0.2, 0.25) is 0 Å². The van der Waals surface area contributed by atoms with Gasteiger partial charge in [0.05, 0.1) is 5.66 Å². The maximum atomic E-state index is 6.56. The molecule has 335 valence electrons. The SMILES string of the molecule is C=C/C=C(\C=C\N(C1=C(C(=C)C)CC(C(C)C)C(C(C)(C)CC)=C1)/C(=C\[B]c1cc2cc(C(C)(C)C)ccc2o1)CC(C(=C)C(C)(C)CC)C(C)C)NC1=CCC(C(C)C)C=C1. The average molecular weight is 836 g/mol. The monoisotopic (exact) mass is 836 g/mol. The molecule has 1 N–H and O–H groups in total. The van der Waals surface area contributed by atoms with E-state index in [1.165, 1.54) is 33.7 Å². The lowest BCUT2D eigenvalue weighted by molar-refractivity contribution is 0.306. The fraction of sp³-hybridized carbons (Fsp3) is 0.517. The third-order valence-electron chi connectivity index (χ3n) is 14.2. The van der Waals surface area contributed by atoms with Gasteiger partial charge in [-0.25, -0.2) is 0 Å². The van der Waals surface area contributed by atoms with Gasteiger partial charge in [0.25, 0.3) is 0 Å². The predicted octanol–water partition coefficient (Wildman–Crippen LogP) is 16.0. The summed E-state index contributed by atoms with van der Waals surface area (Å²) in [5, 5.41) is 4.87. The zero-order valence-corrected chi connectivity index (χ0v) is 42.1. The van der Waals surface area contributed by atoms with E-state index >= 15 is 0 Å². The number of hydrogen-bond donors (Lipinski definition) is 1. The summed E-state index contributed by atoms with van der Waals surface area (Å²) in [6, 6.07) is 8.79. The minimum Gasteiger partial charge on any atom is -0.472 e. The molecule has 0 bridgehead atoms. The first-order valence-electron chi connectivity index (χ1n) is 23.8. The molecular weight excluding hydrogens is 751 g/mol. The van der Waals surface area contributed by atoms with Crippen LogP contribution in [0.5, 0.6) is 0 Å². The molecule has 0 spiro atoms. The minimum atomic E-state index is -0.0107. The Labute approximate surface area is 381 Å². The van der Waals surface area contributed by atoms with E-state index in [4.69, 9.17) is 11.0 Å². The molecular formula is C58H84BN2O. The molecule has 0 saturated heterocycles. The van der Waals surface area contributed by atoms with Gasteiger partial charge in [0.1, 0.15) is 5.58 Å². The standard InChI is InChI=1S/C58H84BN2O/c1-20-23-46(60-47-27-24-43(25-28-47)38(4)5)30-31-61(53-36-52(58(18,19)22-3)50(40(8)9)35-51(53)41(10)11)48(34-49(39(6)7)42(12)57(16,17)21-2)37-59-55-33-44-32-45(56(13,14)15)26-29-54(44)62-55/h20,23-24,26-33,36-40,43,49-50,60H,1,10,12,21-22,25,34-35H2,2-9,11,13-19H3/b31-30+,46-23+,48-37-. The molecule has 3 nitrogen and oxygen atoms in total. The van der Waals surface area contributed by atoms with Gasteiger partial charge in [-0.3, -0.25) is 0 Å². The Balaban J connectivity index is 2.02. The summed E-state index contributed by atoms with van der Waals surface area (Å²) in [6.07, 6.45) is 22.8. The molecule has 2 aliphatic rings. The van der Waals surface area contributed by atoms with Crippen molar-refractivity contribution in [2.24, 2.45) is 46.3 Å². The van der Waals surface area contributed by atoms with Gasteiger partial charge in [0, 0.05) is 34.4 Å². The van der Waals surface area contributed by atoms with Crippen LogP contribution in [0, 0.1) is 46.3 Å². The highest BCUT2D eigenvalue weighted by Gasteiger charge is 2.36. The van der Waals surface area contributed by atoms with Gasteiger partial charge in [0.15, 0.2) is 0 Å². The van der Waals surface area contributed by atoms with Gasteiger partial charge in [-0.15, -0.1) is 0 Å². The van der Waals surface area contributed by atoms with E-state index in [-0.39, 0.29) is 22.2 Å². The van der Waals surface area contributed by atoms with Crippen LogP contribution in [0.1, 0.15) is 148 Å². The summed E-state index contributed by atoms with van der Waals surface area (Å²) in [5.74, 6) is 4.99. The van der Waals surface area contributed by atoms with E-state index in [0.717, 1.165) is 65.7 Å². The highest BCUT2D eigenvalue weighted by molar-refractivity contribution is 6.57. The van der Waals surface area contributed by atoms with E-state index in [9.17, 15) is 0 Å². The Hall–Kier alpha value is -4.18. The number of furan rings is 1. The smallest absolute Gasteiger partial charge is 0.233 e. The third-order valence-corrected chi connectivity index (χ3v) is 14.2. The van der Waals surface area contributed by atoms with Gasteiger partial charge in [-0.1, -0.05) is 171 Å². The zero-order valence-electron chi connectivity index (χ0n) is 42.1. The second kappa shape index (κ2) is 21.0. The molecule has 3 unspecified atom stereocenters. The Kier molecular flexibility index (Phi) is 17.1. The van der Waals surface area contributed by atoms with E-state index in [1.54, 1.807) is 0 Å². The molecule has 2 aliphatic carbocycles. The molecule has 0 aliphatic heterocycles. The van der Waals surface area contributed by atoms with Gasteiger partial charge in [-0.05, 0) is 144 Å². The first-order chi connectivity index (χ1) is 28.9. The number of benzene rings is 1. The lowest BCUT2D eigenvalue weighted by Gasteiger charge is -2.42. The van der Waals surface area contributed by atoms with Gasteiger partial charge >= 0.3 is 0 Å². The van der Waals surface area contributed by atoms with Crippen molar-refractivity contribution >= 4 is 23.9 Å². The van der Waals surface area contributed by atoms with Gasteiger partial charge < -0.3 is 14.6 Å². The quantitative estimate of drug-likeness (QED) is 0.0818.